The summed E-state index contributed by atoms with van der Waals surface area (Å²) in [4.78, 5) is 4.66. The molecule has 0 fully saturated rings. The number of thioether (sulfide) groups is 1. The van der Waals surface area contributed by atoms with Crippen molar-refractivity contribution in [2.45, 2.75) is 44.9 Å². The predicted molar refractivity (Wildman–Crippen MR) is 53.7 cm³/mol. The SMILES string of the molecule is CC1=NC(C)(C)CSC1(C)C. The Kier molecular flexibility index (Phi) is 2.08. The first-order valence-corrected chi connectivity index (χ1v) is 5.03. The Hall–Kier alpha value is 0.0200. The molecule has 1 aliphatic rings. The van der Waals surface area contributed by atoms with Gasteiger partial charge >= 0.3 is 0 Å². The molecule has 0 radical (unpaired) electrons. The summed E-state index contributed by atoms with van der Waals surface area (Å²) < 4.78 is 0.259. The van der Waals surface area contributed by atoms with E-state index in [9.17, 15) is 0 Å². The molecule has 0 N–H and O–H groups in total. The van der Waals surface area contributed by atoms with Crippen LogP contribution >= 0.6 is 11.8 Å². The maximum atomic E-state index is 4.66. The maximum absolute atomic E-state index is 4.66. The van der Waals surface area contributed by atoms with E-state index in [4.69, 9.17) is 0 Å². The second-order valence-corrected chi connectivity index (χ2v) is 5.91. The van der Waals surface area contributed by atoms with Gasteiger partial charge in [0.1, 0.15) is 0 Å². The lowest BCUT2D eigenvalue weighted by atomic mass is 10.0. The molecule has 1 aliphatic heterocycles. The number of nitrogens with zero attached hydrogens (tertiary/aromatic N) is 1. The van der Waals surface area contributed by atoms with Crippen LogP contribution in [0, 0.1) is 0 Å². The molecule has 0 bridgehead atoms. The van der Waals surface area contributed by atoms with E-state index in [1.54, 1.807) is 0 Å². The highest BCUT2D eigenvalue weighted by molar-refractivity contribution is 8.01. The van der Waals surface area contributed by atoms with E-state index in [1.165, 1.54) is 5.71 Å². The third kappa shape index (κ3) is 1.98. The Bertz CT molecular complexity index is 192. The van der Waals surface area contributed by atoms with Gasteiger partial charge in [-0.05, 0) is 34.6 Å². The molecular formula is C9H17NS. The quantitative estimate of drug-likeness (QED) is 0.546. The van der Waals surface area contributed by atoms with E-state index in [0.29, 0.717) is 0 Å². The zero-order valence-electron chi connectivity index (χ0n) is 8.06. The van der Waals surface area contributed by atoms with Crippen LogP contribution in [0.25, 0.3) is 0 Å². The molecule has 0 aromatic carbocycles. The van der Waals surface area contributed by atoms with E-state index in [2.05, 4.69) is 39.6 Å². The molecule has 0 aromatic heterocycles. The third-order valence-electron chi connectivity index (χ3n) is 2.13. The lowest BCUT2D eigenvalue weighted by Crippen LogP contribution is -2.38. The van der Waals surface area contributed by atoms with E-state index in [0.717, 1.165) is 5.75 Å². The van der Waals surface area contributed by atoms with Crippen molar-refractivity contribution in [3.05, 3.63) is 0 Å². The summed E-state index contributed by atoms with van der Waals surface area (Å²) >= 11 is 2.00. The van der Waals surface area contributed by atoms with Gasteiger partial charge < -0.3 is 0 Å². The molecule has 0 aromatic rings. The molecule has 0 spiro atoms. The van der Waals surface area contributed by atoms with Crippen LogP contribution in [0.15, 0.2) is 4.99 Å². The smallest absolute Gasteiger partial charge is 0.0642 e. The van der Waals surface area contributed by atoms with Gasteiger partial charge in [0, 0.05) is 16.2 Å². The molecule has 2 heteroatoms. The van der Waals surface area contributed by atoms with Crippen LogP contribution in [-0.4, -0.2) is 21.8 Å². The summed E-state index contributed by atoms with van der Waals surface area (Å²) in [6.45, 7) is 11.0. The van der Waals surface area contributed by atoms with Crippen LogP contribution in [0.1, 0.15) is 34.6 Å². The monoisotopic (exact) mass is 171 g/mol. The first-order chi connectivity index (χ1) is 4.83. The molecule has 1 heterocycles. The van der Waals surface area contributed by atoms with E-state index in [-0.39, 0.29) is 10.3 Å². The lowest BCUT2D eigenvalue weighted by Gasteiger charge is -2.35. The Labute approximate surface area is 73.7 Å². The minimum Gasteiger partial charge on any atom is -0.286 e. The van der Waals surface area contributed by atoms with Gasteiger partial charge in [0.25, 0.3) is 0 Å². The average Bonchev–Trinajstić information content (AvgIpc) is 1.81. The van der Waals surface area contributed by atoms with E-state index in [1.807, 2.05) is 11.8 Å². The highest BCUT2D eigenvalue weighted by Gasteiger charge is 2.32. The van der Waals surface area contributed by atoms with Gasteiger partial charge in [-0.3, -0.25) is 4.99 Å². The fourth-order valence-corrected chi connectivity index (χ4v) is 2.12. The van der Waals surface area contributed by atoms with Crippen molar-refractivity contribution in [1.82, 2.24) is 0 Å². The maximum Gasteiger partial charge on any atom is 0.0642 e. The zero-order chi connectivity index (χ0) is 8.70. The van der Waals surface area contributed by atoms with Gasteiger partial charge in [-0.1, -0.05) is 0 Å². The largest absolute Gasteiger partial charge is 0.286 e. The normalized spacial score (nSPS) is 27.9. The molecular weight excluding hydrogens is 154 g/mol. The number of hydrogen-bond donors (Lipinski definition) is 0. The van der Waals surface area contributed by atoms with E-state index >= 15 is 0 Å². The summed E-state index contributed by atoms with van der Waals surface area (Å²) in [6.07, 6.45) is 0. The molecule has 1 rings (SSSR count). The van der Waals surface area contributed by atoms with Gasteiger partial charge in [-0.2, -0.15) is 0 Å². The van der Waals surface area contributed by atoms with Gasteiger partial charge in [0.2, 0.25) is 0 Å². The minimum atomic E-state index is 0.157. The van der Waals surface area contributed by atoms with E-state index < -0.39 is 0 Å². The van der Waals surface area contributed by atoms with Crippen molar-refractivity contribution >= 4 is 17.5 Å². The van der Waals surface area contributed by atoms with Crippen molar-refractivity contribution in [2.24, 2.45) is 4.99 Å². The molecule has 0 atom stereocenters. The fraction of sp³-hybridized carbons (Fsp3) is 0.889. The molecule has 0 aliphatic carbocycles. The summed E-state index contributed by atoms with van der Waals surface area (Å²) in [5.41, 5.74) is 1.43. The Balaban J connectivity index is 2.89. The van der Waals surface area contributed by atoms with Crippen LogP contribution in [-0.2, 0) is 0 Å². The molecule has 0 amide bonds. The third-order valence-corrected chi connectivity index (χ3v) is 4.00. The first kappa shape index (κ1) is 9.11. The second-order valence-electron chi connectivity index (χ2n) is 4.31. The Morgan fingerprint density at radius 1 is 1.27 bits per heavy atom. The first-order valence-electron chi connectivity index (χ1n) is 4.04. The van der Waals surface area contributed by atoms with Crippen molar-refractivity contribution in [3.63, 3.8) is 0 Å². The predicted octanol–water partition coefficient (Wildman–Crippen LogP) is 2.75. The summed E-state index contributed by atoms with van der Waals surface area (Å²) in [5.74, 6) is 1.14. The summed E-state index contributed by atoms with van der Waals surface area (Å²) in [5, 5.41) is 0. The van der Waals surface area contributed by atoms with Crippen LogP contribution in [0.2, 0.25) is 0 Å². The molecule has 0 unspecified atom stereocenters. The molecule has 1 nitrogen and oxygen atoms in total. The topological polar surface area (TPSA) is 12.4 Å². The molecule has 64 valence electrons. The van der Waals surface area contributed by atoms with Crippen molar-refractivity contribution < 1.29 is 0 Å². The average molecular weight is 171 g/mol. The van der Waals surface area contributed by atoms with Crippen LogP contribution < -0.4 is 0 Å². The Morgan fingerprint density at radius 2 is 1.82 bits per heavy atom. The number of rotatable bonds is 0. The summed E-state index contributed by atoms with van der Waals surface area (Å²) in [7, 11) is 0. The second kappa shape index (κ2) is 2.51. The van der Waals surface area contributed by atoms with Crippen molar-refractivity contribution in [2.75, 3.05) is 5.75 Å². The highest BCUT2D eigenvalue weighted by Crippen LogP contribution is 2.35. The van der Waals surface area contributed by atoms with Gasteiger partial charge in [0.05, 0.1) is 5.54 Å². The fourth-order valence-electron chi connectivity index (χ4n) is 1.08. The van der Waals surface area contributed by atoms with Crippen LogP contribution in [0.4, 0.5) is 0 Å². The highest BCUT2D eigenvalue weighted by atomic mass is 32.2. The summed E-state index contributed by atoms with van der Waals surface area (Å²) in [6, 6.07) is 0. The van der Waals surface area contributed by atoms with Crippen molar-refractivity contribution in [1.29, 1.82) is 0 Å². The van der Waals surface area contributed by atoms with Gasteiger partial charge in [0.15, 0.2) is 0 Å². The Morgan fingerprint density at radius 3 is 2.18 bits per heavy atom. The standard InChI is InChI=1S/C9H17NS/c1-7-9(4,5)11-6-8(2,3)10-7/h6H2,1-5H3. The lowest BCUT2D eigenvalue weighted by molar-refractivity contribution is 0.578. The minimum absolute atomic E-state index is 0.157. The number of hydrogen-bond acceptors (Lipinski definition) is 2. The van der Waals surface area contributed by atoms with Gasteiger partial charge in [-0.15, -0.1) is 11.8 Å². The van der Waals surface area contributed by atoms with Crippen molar-refractivity contribution in [3.8, 4) is 0 Å². The van der Waals surface area contributed by atoms with Gasteiger partial charge in [-0.25, -0.2) is 0 Å². The molecule has 0 saturated heterocycles. The molecule has 0 saturated carbocycles. The molecule has 11 heavy (non-hydrogen) atoms. The zero-order valence-corrected chi connectivity index (χ0v) is 8.88. The van der Waals surface area contributed by atoms with Crippen LogP contribution in [0.3, 0.4) is 0 Å². The van der Waals surface area contributed by atoms with Crippen LogP contribution in [0.5, 0.6) is 0 Å². The number of aliphatic imine (C=N–C) groups is 1.